The standard InChI is InChI=1S/C22H25F3N8O/c1-12-14(8-33-11-30-17-18(26)28-10-29-19(17)33)16(5-4-15(12)22(23,24)25)32-7-6-21(27,9-32)20(34)31-13-2-3-13/h4-5,10-11,13H,2-3,6-9,27H2,1H3,(H,31,34)(H2,26,28,29)/t21-/m1/s1. The maximum atomic E-state index is 13.7. The van der Waals surface area contributed by atoms with Crippen LogP contribution in [0.25, 0.3) is 11.2 Å². The number of hydrogen-bond donors (Lipinski definition) is 3. The van der Waals surface area contributed by atoms with E-state index in [9.17, 15) is 18.0 Å². The number of nitrogens with one attached hydrogen (secondary N) is 1. The van der Waals surface area contributed by atoms with Gasteiger partial charge < -0.3 is 26.3 Å². The first-order chi connectivity index (χ1) is 16.1. The Balaban J connectivity index is 1.53. The lowest BCUT2D eigenvalue weighted by Crippen LogP contribution is -2.56. The second-order valence-corrected chi connectivity index (χ2v) is 9.11. The first kappa shape index (κ1) is 22.4. The lowest BCUT2D eigenvalue weighted by atomic mass is 9.98. The van der Waals surface area contributed by atoms with Gasteiger partial charge in [-0.15, -0.1) is 0 Å². The number of aromatic nitrogens is 4. The topological polar surface area (TPSA) is 128 Å². The van der Waals surface area contributed by atoms with E-state index in [0.29, 0.717) is 35.4 Å². The minimum absolute atomic E-state index is 0.0837. The summed E-state index contributed by atoms with van der Waals surface area (Å²) in [5.74, 6) is -0.0191. The Labute approximate surface area is 193 Å². The third-order valence-electron chi connectivity index (χ3n) is 6.64. The van der Waals surface area contributed by atoms with Crippen LogP contribution in [0.4, 0.5) is 24.7 Å². The van der Waals surface area contributed by atoms with Crippen molar-refractivity contribution in [1.82, 2.24) is 24.8 Å². The van der Waals surface area contributed by atoms with Gasteiger partial charge in [-0.05, 0) is 49.4 Å². The lowest BCUT2D eigenvalue weighted by Gasteiger charge is -2.28. The van der Waals surface area contributed by atoms with Crippen molar-refractivity contribution in [3.8, 4) is 0 Å². The molecule has 0 unspecified atom stereocenters. The van der Waals surface area contributed by atoms with E-state index >= 15 is 0 Å². The van der Waals surface area contributed by atoms with E-state index in [4.69, 9.17) is 11.5 Å². The second kappa shape index (κ2) is 7.83. The molecular formula is C22H25F3N8O. The molecule has 0 radical (unpaired) electrons. The molecular weight excluding hydrogens is 449 g/mol. The molecule has 1 saturated heterocycles. The van der Waals surface area contributed by atoms with Crippen LogP contribution >= 0.6 is 0 Å². The summed E-state index contributed by atoms with van der Waals surface area (Å²) in [7, 11) is 0. The molecule has 5 N–H and O–H groups in total. The average molecular weight is 474 g/mol. The normalized spacial score (nSPS) is 20.8. The van der Waals surface area contributed by atoms with Gasteiger partial charge in [0.1, 0.15) is 17.4 Å². The van der Waals surface area contributed by atoms with Gasteiger partial charge in [-0.25, -0.2) is 15.0 Å². The van der Waals surface area contributed by atoms with E-state index in [1.807, 2.05) is 4.90 Å². The van der Waals surface area contributed by atoms with Crippen LogP contribution in [0, 0.1) is 6.92 Å². The molecule has 2 fully saturated rings. The predicted molar refractivity (Wildman–Crippen MR) is 120 cm³/mol. The van der Waals surface area contributed by atoms with Crippen molar-refractivity contribution in [3.63, 3.8) is 0 Å². The van der Waals surface area contributed by atoms with Gasteiger partial charge in [0.15, 0.2) is 11.5 Å². The Morgan fingerprint density at radius 2 is 2.03 bits per heavy atom. The SMILES string of the molecule is Cc1c(C(F)(F)F)ccc(N2CC[C@](N)(C(=O)NC3CC3)C2)c1Cn1cnc2c(N)ncnc21. The molecule has 180 valence electrons. The fraction of sp³-hybridized carbons (Fsp3) is 0.455. The zero-order chi connectivity index (χ0) is 24.3. The maximum Gasteiger partial charge on any atom is 0.416 e. The molecule has 12 heteroatoms. The Bertz CT molecular complexity index is 1270. The number of hydrogen-bond acceptors (Lipinski definition) is 7. The van der Waals surface area contributed by atoms with Gasteiger partial charge in [0.25, 0.3) is 0 Å². The minimum atomic E-state index is -4.51. The molecule has 1 saturated carbocycles. The predicted octanol–water partition coefficient (Wildman–Crippen LogP) is 1.97. The summed E-state index contributed by atoms with van der Waals surface area (Å²) in [6.45, 7) is 2.20. The number of carbonyl (C=O) groups excluding carboxylic acids is 1. The highest BCUT2D eigenvalue weighted by Gasteiger charge is 2.44. The number of halogens is 3. The molecule has 9 nitrogen and oxygen atoms in total. The van der Waals surface area contributed by atoms with Gasteiger partial charge in [0, 0.05) is 24.8 Å². The quantitative estimate of drug-likeness (QED) is 0.516. The zero-order valence-corrected chi connectivity index (χ0v) is 18.6. The van der Waals surface area contributed by atoms with Gasteiger partial charge in [-0.3, -0.25) is 4.79 Å². The minimum Gasteiger partial charge on any atom is -0.382 e. The Hall–Kier alpha value is -3.41. The smallest absolute Gasteiger partial charge is 0.382 e. The van der Waals surface area contributed by atoms with E-state index in [0.717, 1.165) is 18.9 Å². The number of anilines is 2. The highest BCUT2D eigenvalue weighted by atomic mass is 19.4. The van der Waals surface area contributed by atoms with Crippen molar-refractivity contribution >= 4 is 28.6 Å². The molecule has 1 aromatic carbocycles. The number of nitrogens with zero attached hydrogens (tertiary/aromatic N) is 5. The summed E-state index contributed by atoms with van der Waals surface area (Å²) < 4.78 is 42.9. The van der Waals surface area contributed by atoms with Crippen LogP contribution in [-0.4, -0.2) is 50.1 Å². The fourth-order valence-corrected chi connectivity index (χ4v) is 4.51. The van der Waals surface area contributed by atoms with Crippen LogP contribution in [0.5, 0.6) is 0 Å². The van der Waals surface area contributed by atoms with Crippen LogP contribution < -0.4 is 21.7 Å². The lowest BCUT2D eigenvalue weighted by molar-refractivity contribution is -0.138. The number of imidazole rings is 1. The second-order valence-electron chi connectivity index (χ2n) is 9.11. The third kappa shape index (κ3) is 3.91. The van der Waals surface area contributed by atoms with Crippen molar-refractivity contribution in [2.24, 2.45) is 5.73 Å². The summed E-state index contributed by atoms with van der Waals surface area (Å²) in [5, 5.41) is 2.95. The number of nitrogens with two attached hydrogens (primary N) is 2. The van der Waals surface area contributed by atoms with Gasteiger partial charge in [-0.2, -0.15) is 13.2 Å². The van der Waals surface area contributed by atoms with Gasteiger partial charge in [-0.1, -0.05) is 0 Å². The van der Waals surface area contributed by atoms with Gasteiger partial charge >= 0.3 is 6.18 Å². The molecule has 1 amide bonds. The van der Waals surface area contributed by atoms with Crippen molar-refractivity contribution in [1.29, 1.82) is 0 Å². The molecule has 1 aliphatic heterocycles. The molecule has 0 bridgehead atoms. The molecule has 3 heterocycles. The van der Waals surface area contributed by atoms with E-state index in [1.165, 1.54) is 25.6 Å². The Morgan fingerprint density at radius 1 is 1.26 bits per heavy atom. The molecule has 2 aliphatic rings. The van der Waals surface area contributed by atoms with Gasteiger partial charge in [0.05, 0.1) is 18.4 Å². The molecule has 3 aromatic rings. The van der Waals surface area contributed by atoms with Crippen molar-refractivity contribution in [3.05, 3.63) is 41.5 Å². The number of rotatable bonds is 5. The molecule has 5 rings (SSSR count). The fourth-order valence-electron chi connectivity index (χ4n) is 4.51. The number of carbonyl (C=O) groups is 1. The number of nitrogen functional groups attached to an aromatic ring is 1. The summed E-state index contributed by atoms with van der Waals surface area (Å²) in [4.78, 5) is 26.9. The Kier molecular flexibility index (Phi) is 5.15. The molecule has 1 atom stereocenters. The summed E-state index contributed by atoms with van der Waals surface area (Å²) in [5.41, 5.74) is 12.5. The molecule has 2 aromatic heterocycles. The number of benzene rings is 1. The van der Waals surface area contributed by atoms with Crippen molar-refractivity contribution < 1.29 is 18.0 Å². The van der Waals surface area contributed by atoms with E-state index in [2.05, 4.69) is 20.3 Å². The third-order valence-corrected chi connectivity index (χ3v) is 6.64. The number of amides is 1. The largest absolute Gasteiger partial charge is 0.416 e. The highest BCUT2D eigenvalue weighted by molar-refractivity contribution is 5.88. The van der Waals surface area contributed by atoms with Crippen LogP contribution in [0.1, 0.15) is 36.0 Å². The summed E-state index contributed by atoms with van der Waals surface area (Å²) in [6.07, 6.45) is 0.564. The highest BCUT2D eigenvalue weighted by Crippen LogP contribution is 2.39. The summed E-state index contributed by atoms with van der Waals surface area (Å²) >= 11 is 0. The van der Waals surface area contributed by atoms with Crippen molar-refractivity contribution in [2.75, 3.05) is 23.7 Å². The van der Waals surface area contributed by atoms with E-state index in [1.54, 1.807) is 4.57 Å². The van der Waals surface area contributed by atoms with Crippen LogP contribution in [-0.2, 0) is 17.5 Å². The first-order valence-electron chi connectivity index (χ1n) is 11.0. The van der Waals surface area contributed by atoms with E-state index < -0.39 is 17.3 Å². The maximum absolute atomic E-state index is 13.7. The average Bonchev–Trinajstić information content (AvgIpc) is 3.34. The monoisotopic (exact) mass is 474 g/mol. The molecule has 34 heavy (non-hydrogen) atoms. The Morgan fingerprint density at radius 3 is 2.74 bits per heavy atom. The number of fused-ring (bicyclic) bond motifs is 1. The molecule has 1 aliphatic carbocycles. The molecule has 0 spiro atoms. The first-order valence-corrected chi connectivity index (χ1v) is 11.0. The summed E-state index contributed by atoms with van der Waals surface area (Å²) in [6, 6.07) is 2.72. The van der Waals surface area contributed by atoms with Crippen LogP contribution in [0.3, 0.4) is 0 Å². The van der Waals surface area contributed by atoms with Crippen molar-refractivity contribution in [2.45, 2.75) is 50.5 Å². The van der Waals surface area contributed by atoms with E-state index in [-0.39, 0.29) is 36.4 Å². The number of alkyl halides is 3. The van der Waals surface area contributed by atoms with Crippen LogP contribution in [0.2, 0.25) is 0 Å². The van der Waals surface area contributed by atoms with Crippen LogP contribution in [0.15, 0.2) is 24.8 Å². The zero-order valence-electron chi connectivity index (χ0n) is 18.6. The van der Waals surface area contributed by atoms with Gasteiger partial charge in [0.2, 0.25) is 5.91 Å².